The molecule has 2 N–H and O–H groups in total. The van der Waals surface area contributed by atoms with Crippen LogP contribution in [0.25, 0.3) is 0 Å². The van der Waals surface area contributed by atoms with Gasteiger partial charge in [0.1, 0.15) is 6.61 Å². The number of nitrogens with one attached hydrogen (secondary N) is 1. The molecule has 0 spiro atoms. The fraction of sp³-hybridized carbons (Fsp3) is 0.273. The zero-order chi connectivity index (χ0) is 12.3. The minimum absolute atomic E-state index is 0.210. The molecule has 6 nitrogen and oxygen atoms in total. The van der Waals surface area contributed by atoms with Gasteiger partial charge in [0.05, 0.1) is 5.56 Å². The fourth-order valence-electron chi connectivity index (χ4n) is 1.48. The second-order valence-electron chi connectivity index (χ2n) is 3.52. The molecule has 90 valence electrons. The van der Waals surface area contributed by atoms with Gasteiger partial charge in [0.25, 0.3) is 0 Å². The van der Waals surface area contributed by atoms with Crippen LogP contribution in [0.2, 0.25) is 0 Å². The van der Waals surface area contributed by atoms with Crippen LogP contribution in [-0.4, -0.2) is 36.9 Å². The zero-order valence-electron chi connectivity index (χ0n) is 9.21. The summed E-state index contributed by atoms with van der Waals surface area (Å²) in [5.41, 5.74) is 0.880. The molecule has 1 aromatic carbocycles. The third kappa shape index (κ3) is 2.54. The third-order valence-electron chi connectivity index (χ3n) is 2.27. The molecule has 0 saturated carbocycles. The van der Waals surface area contributed by atoms with E-state index < -0.39 is 5.97 Å². The topological polar surface area (TPSA) is 80.2 Å². The number of nitrogens with zero attached hydrogens (tertiary/aromatic N) is 1. The maximum absolute atomic E-state index is 10.8. The van der Waals surface area contributed by atoms with Crippen molar-refractivity contribution in [3.8, 4) is 0 Å². The Hall–Kier alpha value is -2.08. The van der Waals surface area contributed by atoms with Crippen LogP contribution in [0.15, 0.2) is 29.4 Å². The molecule has 17 heavy (non-hydrogen) atoms. The number of carboxylic acid groups (broad SMARTS) is 1. The van der Waals surface area contributed by atoms with E-state index >= 15 is 0 Å². The van der Waals surface area contributed by atoms with Gasteiger partial charge in [-0.15, -0.1) is 0 Å². The largest absolute Gasteiger partial charge is 0.478 e. The molecule has 0 aromatic heterocycles. The monoisotopic (exact) mass is 236 g/mol. The quantitative estimate of drug-likeness (QED) is 0.801. The van der Waals surface area contributed by atoms with E-state index in [1.54, 1.807) is 19.2 Å². The summed E-state index contributed by atoms with van der Waals surface area (Å²) in [6, 6.07) is 6.48. The molecule has 0 saturated heterocycles. The average molecular weight is 236 g/mol. The van der Waals surface area contributed by atoms with E-state index in [4.69, 9.17) is 14.7 Å². The molecule has 0 amide bonds. The molecule has 1 unspecified atom stereocenters. The summed E-state index contributed by atoms with van der Waals surface area (Å²) >= 11 is 0. The van der Waals surface area contributed by atoms with Gasteiger partial charge in [0.15, 0.2) is 5.84 Å². The van der Waals surface area contributed by atoms with Crippen LogP contribution in [0.5, 0.6) is 0 Å². The Bertz CT molecular complexity index is 459. The number of hydrogen-bond donors (Lipinski definition) is 2. The normalized spacial score (nSPS) is 18.2. The lowest BCUT2D eigenvalue weighted by Crippen LogP contribution is -2.33. The lowest BCUT2D eigenvalue weighted by Gasteiger charge is -2.08. The molecule has 1 aliphatic heterocycles. The van der Waals surface area contributed by atoms with Crippen LogP contribution in [0.4, 0.5) is 0 Å². The fourth-order valence-corrected chi connectivity index (χ4v) is 1.48. The Morgan fingerprint density at radius 3 is 3.18 bits per heavy atom. The number of ether oxygens (including phenoxy) is 1. The van der Waals surface area contributed by atoms with E-state index in [1.807, 2.05) is 0 Å². The minimum Gasteiger partial charge on any atom is -0.478 e. The maximum Gasteiger partial charge on any atom is 0.335 e. The van der Waals surface area contributed by atoms with Gasteiger partial charge in [0, 0.05) is 12.7 Å². The predicted octanol–water partition coefficient (Wildman–Crippen LogP) is 0.639. The second-order valence-corrected chi connectivity index (χ2v) is 3.52. The van der Waals surface area contributed by atoms with Crippen molar-refractivity contribution >= 4 is 11.8 Å². The van der Waals surface area contributed by atoms with Crippen molar-refractivity contribution in [1.29, 1.82) is 0 Å². The molecule has 6 heteroatoms. The molecule has 0 radical (unpaired) electrons. The summed E-state index contributed by atoms with van der Waals surface area (Å²) < 4.78 is 4.92. The Balaban J connectivity index is 2.13. The molecule has 0 aliphatic carbocycles. The van der Waals surface area contributed by atoms with E-state index in [0.29, 0.717) is 18.0 Å². The van der Waals surface area contributed by atoms with E-state index in [1.165, 1.54) is 12.1 Å². The molecule has 0 fully saturated rings. The maximum atomic E-state index is 10.8. The number of rotatable bonds is 4. The molecule has 0 bridgehead atoms. The van der Waals surface area contributed by atoms with E-state index in [2.05, 4.69) is 10.5 Å². The Morgan fingerprint density at radius 2 is 2.47 bits per heavy atom. The first-order chi connectivity index (χ1) is 8.20. The minimum atomic E-state index is -0.972. The summed E-state index contributed by atoms with van der Waals surface area (Å²) in [4.78, 5) is 15.9. The smallest absolute Gasteiger partial charge is 0.335 e. The molecular weight excluding hydrogens is 224 g/mol. The number of hydrogen-bond acceptors (Lipinski definition) is 5. The van der Waals surface area contributed by atoms with Crippen molar-refractivity contribution in [2.75, 3.05) is 13.7 Å². The Kier molecular flexibility index (Phi) is 3.24. The molecule has 2 rings (SSSR count). The van der Waals surface area contributed by atoms with Gasteiger partial charge in [-0.05, 0) is 12.1 Å². The van der Waals surface area contributed by atoms with Gasteiger partial charge in [-0.1, -0.05) is 17.3 Å². The highest BCUT2D eigenvalue weighted by Crippen LogP contribution is 2.10. The van der Waals surface area contributed by atoms with Gasteiger partial charge in [0.2, 0.25) is 6.23 Å². The summed E-state index contributed by atoms with van der Waals surface area (Å²) in [5, 5.41) is 15.7. The van der Waals surface area contributed by atoms with Gasteiger partial charge < -0.3 is 20.0 Å². The first-order valence-corrected chi connectivity index (χ1v) is 5.03. The summed E-state index contributed by atoms with van der Waals surface area (Å²) in [6.07, 6.45) is -0.330. The summed E-state index contributed by atoms with van der Waals surface area (Å²) in [7, 11) is 1.56. The molecule has 1 atom stereocenters. The first kappa shape index (κ1) is 11.4. The number of methoxy groups -OCH3 is 1. The van der Waals surface area contributed by atoms with Crippen LogP contribution in [0, 0.1) is 0 Å². The number of aromatic carboxylic acids is 1. The molecular formula is C11H12N2O4. The number of carboxylic acids is 1. The average Bonchev–Trinajstić information content (AvgIpc) is 2.78. The Labute approximate surface area is 97.8 Å². The van der Waals surface area contributed by atoms with Crippen molar-refractivity contribution in [2.45, 2.75) is 6.23 Å². The van der Waals surface area contributed by atoms with Crippen molar-refractivity contribution in [3.05, 3.63) is 35.4 Å². The summed E-state index contributed by atoms with van der Waals surface area (Å²) in [6.45, 7) is 0.367. The number of benzene rings is 1. The highest BCUT2D eigenvalue weighted by Gasteiger charge is 2.20. The SMILES string of the molecule is COCC1NC(c2cccc(C(=O)O)c2)=NO1. The van der Waals surface area contributed by atoms with Gasteiger partial charge >= 0.3 is 5.97 Å². The lowest BCUT2D eigenvalue weighted by molar-refractivity contribution is 0.0104. The van der Waals surface area contributed by atoms with Crippen molar-refractivity contribution in [2.24, 2.45) is 5.16 Å². The Morgan fingerprint density at radius 1 is 1.65 bits per heavy atom. The van der Waals surface area contributed by atoms with Crippen LogP contribution in [-0.2, 0) is 9.57 Å². The van der Waals surface area contributed by atoms with Gasteiger partial charge in [-0.3, -0.25) is 0 Å². The number of amidine groups is 1. The molecule has 1 heterocycles. The highest BCUT2D eigenvalue weighted by molar-refractivity contribution is 6.01. The van der Waals surface area contributed by atoms with Crippen LogP contribution in [0.1, 0.15) is 15.9 Å². The van der Waals surface area contributed by atoms with Crippen LogP contribution >= 0.6 is 0 Å². The third-order valence-corrected chi connectivity index (χ3v) is 2.27. The van der Waals surface area contributed by atoms with E-state index in [0.717, 1.165) is 0 Å². The predicted molar refractivity (Wildman–Crippen MR) is 59.8 cm³/mol. The molecule has 1 aromatic rings. The van der Waals surface area contributed by atoms with Gasteiger partial charge in [-0.25, -0.2) is 4.79 Å². The highest BCUT2D eigenvalue weighted by atomic mass is 16.7. The number of carbonyl (C=O) groups is 1. The van der Waals surface area contributed by atoms with Crippen LogP contribution < -0.4 is 5.32 Å². The van der Waals surface area contributed by atoms with E-state index in [-0.39, 0.29) is 11.8 Å². The van der Waals surface area contributed by atoms with Crippen molar-refractivity contribution in [3.63, 3.8) is 0 Å². The lowest BCUT2D eigenvalue weighted by atomic mass is 10.1. The number of oxime groups is 1. The van der Waals surface area contributed by atoms with Crippen molar-refractivity contribution in [1.82, 2.24) is 5.32 Å². The van der Waals surface area contributed by atoms with Crippen molar-refractivity contribution < 1.29 is 19.5 Å². The van der Waals surface area contributed by atoms with Gasteiger partial charge in [-0.2, -0.15) is 0 Å². The zero-order valence-corrected chi connectivity index (χ0v) is 9.21. The molecule has 1 aliphatic rings. The van der Waals surface area contributed by atoms with Crippen LogP contribution in [0.3, 0.4) is 0 Å². The standard InChI is InChI=1S/C11H12N2O4/c1-16-6-9-12-10(13-17-9)7-3-2-4-8(5-7)11(14)15/h2-5,9H,6H2,1H3,(H,12,13)(H,14,15). The second kappa shape index (κ2) is 4.84. The van der Waals surface area contributed by atoms with E-state index in [9.17, 15) is 4.79 Å². The first-order valence-electron chi connectivity index (χ1n) is 5.03. The summed E-state index contributed by atoms with van der Waals surface area (Å²) in [5.74, 6) is -0.463.